The molecule has 0 unspecified atom stereocenters. The number of thiophene rings is 1. The van der Waals surface area contributed by atoms with Gasteiger partial charge in [-0.1, -0.05) is 12.1 Å². The van der Waals surface area contributed by atoms with Gasteiger partial charge in [0.25, 0.3) is 0 Å². The third kappa shape index (κ3) is 2.99. The van der Waals surface area contributed by atoms with E-state index in [1.165, 1.54) is 29.7 Å². The fraction of sp³-hybridized carbons (Fsp3) is 0.375. The van der Waals surface area contributed by atoms with Crippen LogP contribution in [-0.4, -0.2) is 7.11 Å². The SMILES string of the molecule is COc1cccc(CNCc2cc3c(s2)CCC3)c1. The van der Waals surface area contributed by atoms with Crippen molar-refractivity contribution in [2.75, 3.05) is 7.11 Å². The second kappa shape index (κ2) is 5.76. The lowest BCUT2D eigenvalue weighted by Crippen LogP contribution is -2.11. The zero-order valence-electron chi connectivity index (χ0n) is 11.2. The highest BCUT2D eigenvalue weighted by atomic mass is 32.1. The van der Waals surface area contributed by atoms with Crippen molar-refractivity contribution in [2.45, 2.75) is 32.4 Å². The number of hydrogen-bond acceptors (Lipinski definition) is 3. The van der Waals surface area contributed by atoms with Crippen LogP contribution in [0.15, 0.2) is 30.3 Å². The zero-order valence-corrected chi connectivity index (χ0v) is 12.1. The summed E-state index contributed by atoms with van der Waals surface area (Å²) in [5.74, 6) is 0.925. The van der Waals surface area contributed by atoms with E-state index in [9.17, 15) is 0 Å². The van der Waals surface area contributed by atoms with Gasteiger partial charge >= 0.3 is 0 Å². The van der Waals surface area contributed by atoms with Crippen LogP contribution in [0.2, 0.25) is 0 Å². The molecule has 2 aromatic rings. The molecule has 3 heteroatoms. The van der Waals surface area contributed by atoms with Gasteiger partial charge in [0.1, 0.15) is 5.75 Å². The third-order valence-electron chi connectivity index (χ3n) is 3.56. The molecule has 0 saturated carbocycles. The first kappa shape index (κ1) is 12.7. The van der Waals surface area contributed by atoms with E-state index in [1.54, 1.807) is 17.6 Å². The van der Waals surface area contributed by atoms with Gasteiger partial charge in [0.05, 0.1) is 7.11 Å². The van der Waals surface area contributed by atoms with Crippen LogP contribution < -0.4 is 10.1 Å². The Labute approximate surface area is 118 Å². The predicted molar refractivity (Wildman–Crippen MR) is 79.9 cm³/mol. The second-order valence-corrected chi connectivity index (χ2v) is 6.19. The fourth-order valence-electron chi connectivity index (χ4n) is 2.59. The minimum atomic E-state index is 0.889. The highest BCUT2D eigenvalue weighted by molar-refractivity contribution is 7.12. The normalized spacial score (nSPS) is 13.5. The van der Waals surface area contributed by atoms with E-state index in [0.29, 0.717) is 0 Å². The van der Waals surface area contributed by atoms with Crippen LogP contribution in [0.4, 0.5) is 0 Å². The fourth-order valence-corrected chi connectivity index (χ4v) is 3.82. The molecule has 0 amide bonds. The minimum absolute atomic E-state index is 0.889. The monoisotopic (exact) mass is 273 g/mol. The largest absolute Gasteiger partial charge is 0.497 e. The molecular weight excluding hydrogens is 254 g/mol. The number of hydrogen-bond donors (Lipinski definition) is 1. The Bertz CT molecular complexity index is 540. The highest BCUT2D eigenvalue weighted by Gasteiger charge is 2.14. The van der Waals surface area contributed by atoms with Crippen LogP contribution in [0.25, 0.3) is 0 Å². The Hall–Kier alpha value is -1.32. The molecule has 1 aromatic carbocycles. The molecule has 0 atom stereocenters. The van der Waals surface area contributed by atoms with Crippen molar-refractivity contribution >= 4 is 11.3 Å². The Kier molecular flexibility index (Phi) is 3.85. The Morgan fingerprint density at radius 3 is 3.00 bits per heavy atom. The van der Waals surface area contributed by atoms with Crippen molar-refractivity contribution in [1.29, 1.82) is 0 Å². The van der Waals surface area contributed by atoms with Gasteiger partial charge in [0.2, 0.25) is 0 Å². The van der Waals surface area contributed by atoms with E-state index >= 15 is 0 Å². The molecule has 0 bridgehead atoms. The van der Waals surface area contributed by atoms with Gasteiger partial charge in [0, 0.05) is 22.8 Å². The summed E-state index contributed by atoms with van der Waals surface area (Å²) < 4.78 is 5.23. The number of nitrogens with one attached hydrogen (secondary N) is 1. The van der Waals surface area contributed by atoms with Crippen LogP contribution in [0, 0.1) is 0 Å². The van der Waals surface area contributed by atoms with Crippen molar-refractivity contribution < 1.29 is 4.74 Å². The molecule has 0 saturated heterocycles. The molecule has 1 aliphatic carbocycles. The number of aryl methyl sites for hydroxylation is 2. The molecule has 1 aliphatic rings. The lowest BCUT2D eigenvalue weighted by Gasteiger charge is -2.05. The maximum Gasteiger partial charge on any atom is 0.119 e. The van der Waals surface area contributed by atoms with Crippen molar-refractivity contribution in [3.05, 3.63) is 51.2 Å². The number of rotatable bonds is 5. The molecule has 2 nitrogen and oxygen atoms in total. The van der Waals surface area contributed by atoms with E-state index in [-0.39, 0.29) is 0 Å². The van der Waals surface area contributed by atoms with Gasteiger partial charge < -0.3 is 10.1 Å². The van der Waals surface area contributed by atoms with Crippen molar-refractivity contribution in [2.24, 2.45) is 0 Å². The maximum absolute atomic E-state index is 5.23. The van der Waals surface area contributed by atoms with Crippen LogP contribution in [-0.2, 0) is 25.9 Å². The Morgan fingerprint density at radius 1 is 1.21 bits per heavy atom. The summed E-state index contributed by atoms with van der Waals surface area (Å²) in [5, 5.41) is 3.51. The summed E-state index contributed by atoms with van der Waals surface area (Å²) in [6.07, 6.45) is 3.91. The van der Waals surface area contributed by atoms with Gasteiger partial charge in [-0.25, -0.2) is 0 Å². The average Bonchev–Trinajstić information content (AvgIpc) is 3.00. The van der Waals surface area contributed by atoms with E-state index in [1.807, 2.05) is 23.5 Å². The number of ether oxygens (including phenoxy) is 1. The van der Waals surface area contributed by atoms with Gasteiger partial charge in [-0.05, 0) is 48.6 Å². The van der Waals surface area contributed by atoms with Gasteiger partial charge in [-0.2, -0.15) is 0 Å². The van der Waals surface area contributed by atoms with Crippen LogP contribution in [0.3, 0.4) is 0 Å². The van der Waals surface area contributed by atoms with Crippen LogP contribution in [0.5, 0.6) is 5.75 Å². The molecule has 100 valence electrons. The Balaban J connectivity index is 1.54. The summed E-state index contributed by atoms with van der Waals surface area (Å²) in [6, 6.07) is 10.6. The van der Waals surface area contributed by atoms with Crippen molar-refractivity contribution in [1.82, 2.24) is 5.32 Å². The number of methoxy groups -OCH3 is 1. The first-order valence-electron chi connectivity index (χ1n) is 6.79. The van der Waals surface area contributed by atoms with E-state index in [0.717, 1.165) is 18.8 Å². The lowest BCUT2D eigenvalue weighted by molar-refractivity contribution is 0.414. The van der Waals surface area contributed by atoms with Gasteiger partial charge in [0.15, 0.2) is 0 Å². The minimum Gasteiger partial charge on any atom is -0.497 e. The van der Waals surface area contributed by atoms with Gasteiger partial charge in [-0.15, -0.1) is 11.3 Å². The molecule has 1 N–H and O–H groups in total. The maximum atomic E-state index is 5.23. The Morgan fingerprint density at radius 2 is 2.16 bits per heavy atom. The molecule has 0 aliphatic heterocycles. The summed E-state index contributed by atoms with van der Waals surface area (Å²) in [7, 11) is 1.71. The number of fused-ring (bicyclic) bond motifs is 1. The predicted octanol–water partition coefficient (Wildman–Crippen LogP) is 3.54. The topological polar surface area (TPSA) is 21.3 Å². The smallest absolute Gasteiger partial charge is 0.119 e. The summed E-state index contributed by atoms with van der Waals surface area (Å²) in [4.78, 5) is 3.07. The van der Waals surface area contributed by atoms with Crippen LogP contribution >= 0.6 is 11.3 Å². The number of benzene rings is 1. The first-order valence-corrected chi connectivity index (χ1v) is 7.61. The molecular formula is C16H19NOS. The second-order valence-electron chi connectivity index (χ2n) is 4.97. The third-order valence-corrected chi connectivity index (χ3v) is 4.80. The lowest BCUT2D eigenvalue weighted by atomic mass is 10.2. The summed E-state index contributed by atoms with van der Waals surface area (Å²) in [5.41, 5.74) is 2.85. The highest BCUT2D eigenvalue weighted by Crippen LogP contribution is 2.30. The first-order chi connectivity index (χ1) is 9.35. The molecule has 3 rings (SSSR count). The van der Waals surface area contributed by atoms with E-state index in [2.05, 4.69) is 23.5 Å². The van der Waals surface area contributed by atoms with Crippen molar-refractivity contribution in [3.8, 4) is 5.75 Å². The van der Waals surface area contributed by atoms with Crippen molar-refractivity contribution in [3.63, 3.8) is 0 Å². The van der Waals surface area contributed by atoms with Gasteiger partial charge in [-0.3, -0.25) is 0 Å². The molecule has 19 heavy (non-hydrogen) atoms. The molecule has 1 heterocycles. The molecule has 0 fully saturated rings. The van der Waals surface area contributed by atoms with E-state index in [4.69, 9.17) is 4.74 Å². The van der Waals surface area contributed by atoms with Crippen LogP contribution in [0.1, 0.15) is 27.3 Å². The summed E-state index contributed by atoms with van der Waals surface area (Å²) >= 11 is 1.98. The molecule has 0 radical (unpaired) electrons. The zero-order chi connectivity index (χ0) is 13.1. The van der Waals surface area contributed by atoms with E-state index < -0.39 is 0 Å². The standard InChI is InChI=1S/C16H19NOS/c1-18-14-6-2-4-12(8-14)10-17-11-15-9-13-5-3-7-16(13)19-15/h2,4,6,8-9,17H,3,5,7,10-11H2,1H3. The quantitative estimate of drug-likeness (QED) is 0.899. The summed E-state index contributed by atoms with van der Waals surface area (Å²) in [6.45, 7) is 1.86. The molecule has 1 aromatic heterocycles. The average molecular weight is 273 g/mol. The molecule has 0 spiro atoms.